The van der Waals surface area contributed by atoms with Crippen LogP contribution in [0.25, 0.3) is 0 Å². The Morgan fingerprint density at radius 1 is 1.32 bits per heavy atom. The van der Waals surface area contributed by atoms with Crippen LogP contribution in [0.1, 0.15) is 27.2 Å². The zero-order valence-electron chi connectivity index (χ0n) is 10.0. The third-order valence-electron chi connectivity index (χ3n) is 2.79. The molecular weight excluding hydrogens is 287 g/mol. The lowest BCUT2D eigenvalue weighted by molar-refractivity contribution is 0.0688. The van der Waals surface area contributed by atoms with E-state index in [1.54, 1.807) is 25.3 Å². The maximum absolute atomic E-state index is 11.0. The molecule has 0 aliphatic rings. The molecule has 0 unspecified atom stereocenters. The Morgan fingerprint density at radius 3 is 2.68 bits per heavy atom. The first-order valence-electron chi connectivity index (χ1n) is 5.47. The van der Waals surface area contributed by atoms with E-state index in [0.29, 0.717) is 22.0 Å². The number of hydrogen-bond donors (Lipinski definition) is 1. The van der Waals surface area contributed by atoms with Gasteiger partial charge < -0.3 is 5.11 Å². The van der Waals surface area contributed by atoms with E-state index < -0.39 is 5.97 Å². The lowest BCUT2D eigenvalue weighted by Gasteiger charge is -2.07. The van der Waals surface area contributed by atoms with Crippen molar-refractivity contribution in [1.82, 2.24) is 10.2 Å². The van der Waals surface area contributed by atoms with Crippen LogP contribution < -0.4 is 0 Å². The van der Waals surface area contributed by atoms with Crippen molar-refractivity contribution >= 4 is 29.2 Å². The van der Waals surface area contributed by atoms with Gasteiger partial charge in [-0.25, -0.2) is 4.79 Å². The van der Waals surface area contributed by atoms with Gasteiger partial charge in [-0.2, -0.15) is 5.10 Å². The standard InChI is InChI=1S/C13H10Cl2N2O2/c1-7-9(6-16-17-12(7)13(18)19)4-8-2-3-10(14)11(15)5-8/h2-3,5-6H,4H2,1H3,(H,18,19). The third-order valence-corrected chi connectivity index (χ3v) is 3.53. The van der Waals surface area contributed by atoms with Gasteiger partial charge in [0.1, 0.15) is 0 Å². The van der Waals surface area contributed by atoms with Gasteiger partial charge in [0.05, 0.1) is 16.2 Å². The smallest absolute Gasteiger partial charge is 0.356 e. The number of rotatable bonds is 3. The number of nitrogens with zero attached hydrogens (tertiary/aromatic N) is 2. The van der Waals surface area contributed by atoms with E-state index in [1.165, 1.54) is 0 Å². The zero-order chi connectivity index (χ0) is 14.0. The van der Waals surface area contributed by atoms with E-state index in [9.17, 15) is 4.79 Å². The molecule has 0 saturated carbocycles. The molecule has 1 heterocycles. The fraction of sp³-hybridized carbons (Fsp3) is 0.154. The summed E-state index contributed by atoms with van der Waals surface area (Å²) in [5.74, 6) is -1.08. The first kappa shape index (κ1) is 13.8. The topological polar surface area (TPSA) is 63.1 Å². The SMILES string of the molecule is Cc1c(Cc2ccc(Cl)c(Cl)c2)cnnc1C(=O)O. The highest BCUT2D eigenvalue weighted by Gasteiger charge is 2.13. The van der Waals surface area contributed by atoms with Gasteiger partial charge in [0, 0.05) is 0 Å². The number of halogens is 2. The molecule has 6 heteroatoms. The Balaban J connectivity index is 2.35. The first-order valence-corrected chi connectivity index (χ1v) is 6.23. The Bertz CT molecular complexity index is 645. The van der Waals surface area contributed by atoms with Crippen LogP contribution in [0, 0.1) is 6.92 Å². The summed E-state index contributed by atoms with van der Waals surface area (Å²) in [6.07, 6.45) is 2.09. The number of carboxylic acid groups (broad SMARTS) is 1. The minimum absolute atomic E-state index is 0.0300. The number of benzene rings is 1. The minimum Gasteiger partial charge on any atom is -0.476 e. The van der Waals surface area contributed by atoms with E-state index in [2.05, 4.69) is 10.2 Å². The van der Waals surface area contributed by atoms with Gasteiger partial charge in [-0.1, -0.05) is 29.3 Å². The van der Waals surface area contributed by atoms with E-state index in [-0.39, 0.29) is 5.69 Å². The fourth-order valence-corrected chi connectivity index (χ4v) is 2.05. The summed E-state index contributed by atoms with van der Waals surface area (Å²) in [4.78, 5) is 11.0. The summed E-state index contributed by atoms with van der Waals surface area (Å²) in [5, 5.41) is 17.3. The van der Waals surface area contributed by atoms with Gasteiger partial charge in [-0.3, -0.25) is 0 Å². The van der Waals surface area contributed by atoms with Crippen LogP contribution in [0.15, 0.2) is 24.4 Å². The van der Waals surface area contributed by atoms with E-state index in [4.69, 9.17) is 28.3 Å². The third kappa shape index (κ3) is 3.03. The van der Waals surface area contributed by atoms with Crippen LogP contribution in [-0.2, 0) is 6.42 Å². The summed E-state index contributed by atoms with van der Waals surface area (Å²) in [5.41, 5.74) is 2.30. The van der Waals surface area contributed by atoms with Crippen molar-refractivity contribution in [3.8, 4) is 0 Å². The Hall–Kier alpha value is -1.65. The van der Waals surface area contributed by atoms with Gasteiger partial charge in [0.15, 0.2) is 5.69 Å². The van der Waals surface area contributed by atoms with Crippen molar-refractivity contribution < 1.29 is 9.90 Å². The summed E-state index contributed by atoms with van der Waals surface area (Å²) < 4.78 is 0. The molecule has 0 radical (unpaired) electrons. The van der Waals surface area contributed by atoms with Crippen molar-refractivity contribution in [3.63, 3.8) is 0 Å². The quantitative estimate of drug-likeness (QED) is 0.943. The second kappa shape index (κ2) is 5.55. The predicted octanol–water partition coefficient (Wildman–Crippen LogP) is 3.38. The summed E-state index contributed by atoms with van der Waals surface area (Å²) in [6, 6.07) is 5.31. The molecule has 2 aromatic rings. The number of hydrogen-bond acceptors (Lipinski definition) is 3. The molecule has 0 spiro atoms. The molecule has 0 saturated heterocycles. The predicted molar refractivity (Wildman–Crippen MR) is 73.0 cm³/mol. The van der Waals surface area contributed by atoms with Crippen molar-refractivity contribution in [1.29, 1.82) is 0 Å². The molecule has 4 nitrogen and oxygen atoms in total. The molecule has 1 aromatic carbocycles. The second-order valence-corrected chi connectivity index (χ2v) is 4.89. The molecule has 0 aliphatic carbocycles. The average Bonchev–Trinajstić information content (AvgIpc) is 2.36. The van der Waals surface area contributed by atoms with Crippen LogP contribution in [0.4, 0.5) is 0 Å². The Morgan fingerprint density at radius 2 is 2.05 bits per heavy atom. The van der Waals surface area contributed by atoms with Gasteiger partial charge in [-0.15, -0.1) is 5.10 Å². The summed E-state index contributed by atoms with van der Waals surface area (Å²) in [6.45, 7) is 1.71. The van der Waals surface area contributed by atoms with Crippen LogP contribution >= 0.6 is 23.2 Å². The van der Waals surface area contributed by atoms with Crippen LogP contribution in [0.2, 0.25) is 10.0 Å². The number of aromatic nitrogens is 2. The fourth-order valence-electron chi connectivity index (χ4n) is 1.73. The van der Waals surface area contributed by atoms with Crippen molar-refractivity contribution in [2.24, 2.45) is 0 Å². The van der Waals surface area contributed by atoms with Gasteiger partial charge in [0.25, 0.3) is 0 Å². The van der Waals surface area contributed by atoms with E-state index >= 15 is 0 Å². The number of aromatic carboxylic acids is 1. The highest BCUT2D eigenvalue weighted by Crippen LogP contribution is 2.24. The number of carboxylic acids is 1. The molecule has 0 bridgehead atoms. The van der Waals surface area contributed by atoms with Gasteiger partial charge in [0.2, 0.25) is 0 Å². The minimum atomic E-state index is -1.08. The summed E-state index contributed by atoms with van der Waals surface area (Å²) >= 11 is 11.8. The Kier molecular flexibility index (Phi) is 4.02. The normalized spacial score (nSPS) is 10.5. The molecular formula is C13H10Cl2N2O2. The lowest BCUT2D eigenvalue weighted by atomic mass is 10.0. The number of carbonyl (C=O) groups is 1. The average molecular weight is 297 g/mol. The molecule has 2 rings (SSSR count). The molecule has 1 aromatic heterocycles. The molecule has 0 amide bonds. The van der Waals surface area contributed by atoms with E-state index in [1.807, 2.05) is 6.07 Å². The van der Waals surface area contributed by atoms with Crippen LogP contribution in [-0.4, -0.2) is 21.3 Å². The largest absolute Gasteiger partial charge is 0.476 e. The van der Waals surface area contributed by atoms with Crippen molar-refractivity contribution in [3.05, 3.63) is 56.8 Å². The monoisotopic (exact) mass is 296 g/mol. The molecule has 0 atom stereocenters. The first-order chi connectivity index (χ1) is 8.99. The Labute approximate surface area is 120 Å². The summed E-state index contributed by atoms with van der Waals surface area (Å²) in [7, 11) is 0. The van der Waals surface area contributed by atoms with Gasteiger partial charge >= 0.3 is 5.97 Å². The van der Waals surface area contributed by atoms with Crippen molar-refractivity contribution in [2.75, 3.05) is 0 Å². The van der Waals surface area contributed by atoms with Crippen LogP contribution in [0.5, 0.6) is 0 Å². The maximum atomic E-state index is 11.0. The zero-order valence-corrected chi connectivity index (χ0v) is 11.5. The lowest BCUT2D eigenvalue weighted by Crippen LogP contribution is -2.08. The van der Waals surface area contributed by atoms with Crippen LogP contribution in [0.3, 0.4) is 0 Å². The molecule has 19 heavy (non-hydrogen) atoms. The molecule has 1 N–H and O–H groups in total. The molecule has 98 valence electrons. The second-order valence-electron chi connectivity index (χ2n) is 4.07. The highest BCUT2D eigenvalue weighted by molar-refractivity contribution is 6.42. The van der Waals surface area contributed by atoms with Gasteiger partial charge in [-0.05, 0) is 42.2 Å². The highest BCUT2D eigenvalue weighted by atomic mass is 35.5. The molecule has 0 fully saturated rings. The van der Waals surface area contributed by atoms with Crippen molar-refractivity contribution in [2.45, 2.75) is 13.3 Å². The molecule has 0 aliphatic heterocycles. The van der Waals surface area contributed by atoms with E-state index in [0.717, 1.165) is 11.1 Å². The maximum Gasteiger partial charge on any atom is 0.356 e.